The van der Waals surface area contributed by atoms with Gasteiger partial charge in [0, 0.05) is 19.3 Å². The number of hydrogen-bond donors (Lipinski definition) is 1. The van der Waals surface area contributed by atoms with E-state index in [-0.39, 0.29) is 6.04 Å². The molecule has 0 saturated carbocycles. The molecule has 1 atom stereocenters. The van der Waals surface area contributed by atoms with Crippen LogP contribution in [0.3, 0.4) is 0 Å². The number of rotatable bonds is 6. The third-order valence-corrected chi connectivity index (χ3v) is 3.05. The van der Waals surface area contributed by atoms with Gasteiger partial charge in [0.05, 0.1) is 18.2 Å². The predicted molar refractivity (Wildman–Crippen MR) is 79.2 cm³/mol. The number of aryl methyl sites for hydroxylation is 1. The minimum Gasteiger partial charge on any atom is -0.389 e. The van der Waals surface area contributed by atoms with Crippen LogP contribution in [0.25, 0.3) is 0 Å². The first-order chi connectivity index (χ1) is 8.51. The van der Waals surface area contributed by atoms with E-state index in [1.165, 1.54) is 0 Å². The van der Waals surface area contributed by atoms with Gasteiger partial charge >= 0.3 is 0 Å². The molecule has 0 aromatic carbocycles. The van der Waals surface area contributed by atoms with E-state index in [9.17, 15) is 0 Å². The molecule has 2 N–H and O–H groups in total. The van der Waals surface area contributed by atoms with Gasteiger partial charge in [0.2, 0.25) is 0 Å². The highest BCUT2D eigenvalue weighted by molar-refractivity contribution is 7.80. The quantitative estimate of drug-likeness (QED) is 0.798. The van der Waals surface area contributed by atoms with E-state index in [2.05, 4.69) is 23.7 Å². The maximum atomic E-state index is 5.76. The van der Waals surface area contributed by atoms with Crippen LogP contribution in [0.4, 0.5) is 5.82 Å². The first-order valence-corrected chi connectivity index (χ1v) is 6.45. The smallest absolute Gasteiger partial charge is 0.139 e. The largest absolute Gasteiger partial charge is 0.389 e. The maximum Gasteiger partial charge on any atom is 0.139 e. The van der Waals surface area contributed by atoms with Crippen molar-refractivity contribution in [3.05, 3.63) is 23.4 Å². The Labute approximate surface area is 114 Å². The lowest BCUT2D eigenvalue weighted by Crippen LogP contribution is -2.38. The number of hydrogen-bond acceptors (Lipinski definition) is 4. The highest BCUT2D eigenvalue weighted by atomic mass is 32.1. The molecule has 0 fully saturated rings. The van der Waals surface area contributed by atoms with Crippen LogP contribution in [0.2, 0.25) is 0 Å². The topological polar surface area (TPSA) is 51.4 Å². The van der Waals surface area contributed by atoms with E-state index in [4.69, 9.17) is 22.7 Å². The van der Waals surface area contributed by atoms with Crippen LogP contribution in [-0.4, -0.2) is 36.3 Å². The van der Waals surface area contributed by atoms with Crippen molar-refractivity contribution >= 4 is 23.0 Å². The summed E-state index contributed by atoms with van der Waals surface area (Å²) in [5.74, 6) is 0.842. The van der Waals surface area contributed by atoms with Crippen LogP contribution in [0.5, 0.6) is 0 Å². The molecule has 1 heterocycles. The summed E-state index contributed by atoms with van der Waals surface area (Å²) in [5.41, 5.74) is 7.54. The van der Waals surface area contributed by atoms with Gasteiger partial charge in [0.1, 0.15) is 10.8 Å². The van der Waals surface area contributed by atoms with Crippen LogP contribution < -0.4 is 10.6 Å². The molecule has 5 heteroatoms. The van der Waals surface area contributed by atoms with Gasteiger partial charge in [-0.3, -0.25) is 0 Å². The second-order valence-electron chi connectivity index (χ2n) is 4.28. The Balaban J connectivity index is 3.18. The first-order valence-electron chi connectivity index (χ1n) is 6.04. The molecule has 1 aromatic rings. The summed E-state index contributed by atoms with van der Waals surface area (Å²) in [5, 5.41) is 0. The highest BCUT2D eigenvalue weighted by Crippen LogP contribution is 2.20. The van der Waals surface area contributed by atoms with Crippen molar-refractivity contribution in [3.63, 3.8) is 0 Å². The minimum absolute atomic E-state index is 0.224. The summed E-state index contributed by atoms with van der Waals surface area (Å²) in [6, 6.07) is 4.08. The van der Waals surface area contributed by atoms with Gasteiger partial charge in [0.15, 0.2) is 0 Å². The monoisotopic (exact) mass is 267 g/mol. The SMILES string of the molecule is CCN(c1nc(C)ccc1C(N)=S)C(C)COC. The van der Waals surface area contributed by atoms with Gasteiger partial charge in [-0.1, -0.05) is 12.2 Å². The Morgan fingerprint density at radius 2 is 2.22 bits per heavy atom. The van der Waals surface area contributed by atoms with E-state index >= 15 is 0 Å². The molecule has 1 rings (SSSR count). The van der Waals surface area contributed by atoms with Crippen LogP contribution in [-0.2, 0) is 4.74 Å². The number of thiocarbonyl (C=S) groups is 1. The molecule has 1 unspecified atom stereocenters. The molecule has 0 spiro atoms. The zero-order valence-electron chi connectivity index (χ0n) is 11.4. The number of anilines is 1. The van der Waals surface area contributed by atoms with Crippen molar-refractivity contribution in [2.45, 2.75) is 26.8 Å². The van der Waals surface area contributed by atoms with E-state index in [1.807, 2.05) is 19.1 Å². The van der Waals surface area contributed by atoms with Crippen LogP contribution in [0, 0.1) is 6.92 Å². The summed E-state index contributed by atoms with van der Waals surface area (Å²) in [6.45, 7) is 7.61. The Kier molecular flexibility index (Phi) is 5.50. The van der Waals surface area contributed by atoms with Crippen molar-refractivity contribution in [2.24, 2.45) is 5.73 Å². The van der Waals surface area contributed by atoms with Crippen LogP contribution in [0.1, 0.15) is 25.1 Å². The molecule has 18 heavy (non-hydrogen) atoms. The van der Waals surface area contributed by atoms with Crippen molar-refractivity contribution in [2.75, 3.05) is 25.2 Å². The summed E-state index contributed by atoms with van der Waals surface area (Å²) in [6.07, 6.45) is 0. The van der Waals surface area contributed by atoms with Crippen LogP contribution in [0.15, 0.2) is 12.1 Å². The van der Waals surface area contributed by atoms with Crippen LogP contribution >= 0.6 is 12.2 Å². The average molecular weight is 267 g/mol. The number of likely N-dealkylation sites (N-methyl/N-ethyl adjacent to an activating group) is 1. The minimum atomic E-state index is 0.224. The predicted octanol–water partition coefficient (Wildman–Crippen LogP) is 1.89. The molecule has 100 valence electrons. The molecule has 0 aliphatic carbocycles. The maximum absolute atomic E-state index is 5.76. The number of aromatic nitrogens is 1. The summed E-state index contributed by atoms with van der Waals surface area (Å²) in [4.78, 5) is 7.11. The Morgan fingerprint density at radius 3 is 2.72 bits per heavy atom. The summed E-state index contributed by atoms with van der Waals surface area (Å²) < 4.78 is 5.20. The number of pyridine rings is 1. The Morgan fingerprint density at radius 1 is 1.56 bits per heavy atom. The normalized spacial score (nSPS) is 12.2. The van der Waals surface area contributed by atoms with Gasteiger partial charge in [-0.15, -0.1) is 0 Å². The van der Waals surface area contributed by atoms with E-state index in [0.29, 0.717) is 11.6 Å². The van der Waals surface area contributed by atoms with E-state index < -0.39 is 0 Å². The van der Waals surface area contributed by atoms with Crippen molar-refractivity contribution < 1.29 is 4.74 Å². The molecule has 0 aliphatic heterocycles. The number of nitrogens with zero attached hydrogens (tertiary/aromatic N) is 2. The van der Waals surface area contributed by atoms with Gasteiger partial charge in [-0.2, -0.15) is 0 Å². The van der Waals surface area contributed by atoms with E-state index in [1.54, 1.807) is 7.11 Å². The molecule has 0 aliphatic rings. The first kappa shape index (κ1) is 14.9. The van der Waals surface area contributed by atoms with Gasteiger partial charge in [-0.05, 0) is 32.9 Å². The highest BCUT2D eigenvalue weighted by Gasteiger charge is 2.18. The lowest BCUT2D eigenvalue weighted by Gasteiger charge is -2.30. The third-order valence-electron chi connectivity index (χ3n) is 2.83. The lowest BCUT2D eigenvalue weighted by molar-refractivity contribution is 0.181. The zero-order chi connectivity index (χ0) is 13.7. The fourth-order valence-electron chi connectivity index (χ4n) is 1.96. The molecule has 0 amide bonds. The van der Waals surface area contributed by atoms with E-state index in [0.717, 1.165) is 23.6 Å². The molecular formula is C13H21N3OS. The molecule has 0 saturated heterocycles. The van der Waals surface area contributed by atoms with Crippen molar-refractivity contribution in [1.82, 2.24) is 4.98 Å². The van der Waals surface area contributed by atoms with Gasteiger partial charge in [0.25, 0.3) is 0 Å². The van der Waals surface area contributed by atoms with Crippen molar-refractivity contribution in [3.8, 4) is 0 Å². The summed E-state index contributed by atoms with van der Waals surface area (Å²) >= 11 is 5.09. The molecule has 0 bridgehead atoms. The summed E-state index contributed by atoms with van der Waals surface area (Å²) in [7, 11) is 1.70. The number of ether oxygens (including phenoxy) is 1. The van der Waals surface area contributed by atoms with Crippen molar-refractivity contribution in [1.29, 1.82) is 0 Å². The lowest BCUT2D eigenvalue weighted by atomic mass is 10.2. The molecule has 0 radical (unpaired) electrons. The fraction of sp³-hybridized carbons (Fsp3) is 0.538. The third kappa shape index (κ3) is 3.40. The molecule has 4 nitrogen and oxygen atoms in total. The second-order valence-corrected chi connectivity index (χ2v) is 4.72. The van der Waals surface area contributed by atoms with Gasteiger partial charge in [-0.25, -0.2) is 4.98 Å². The Bertz CT molecular complexity index is 423. The average Bonchev–Trinajstić information content (AvgIpc) is 2.30. The van der Waals surface area contributed by atoms with Gasteiger partial charge < -0.3 is 15.4 Å². The Hall–Kier alpha value is -1.20. The number of nitrogens with two attached hydrogens (primary N) is 1. The standard InChI is InChI=1S/C13H21N3OS/c1-5-16(10(3)8-17-4)13-11(12(14)18)7-6-9(2)15-13/h6-7,10H,5,8H2,1-4H3,(H2,14,18). The second kappa shape index (κ2) is 6.66. The zero-order valence-corrected chi connectivity index (χ0v) is 12.3. The fourth-order valence-corrected chi connectivity index (χ4v) is 2.11. The molecule has 1 aromatic heterocycles. The molecular weight excluding hydrogens is 246 g/mol. The number of methoxy groups -OCH3 is 1.